The highest BCUT2D eigenvalue weighted by atomic mass is 35.5. The summed E-state index contributed by atoms with van der Waals surface area (Å²) in [6.45, 7) is 5.76. The van der Waals surface area contributed by atoms with Crippen molar-refractivity contribution in [2.75, 3.05) is 43.8 Å². The van der Waals surface area contributed by atoms with Gasteiger partial charge in [0, 0.05) is 36.9 Å². The standard InChI is InChI=1S/C15H22ClN3O3S/c1-3-23(21,22)19-8-6-18(7-9-19)11-15(20)17-14-10-13(16)5-4-12(14)2/h4-5,10H,3,6-9,11H2,1-2H3,(H,17,20). The molecule has 1 aliphatic heterocycles. The second-order valence-electron chi connectivity index (χ2n) is 5.58. The second kappa shape index (κ2) is 7.61. The molecule has 6 nitrogen and oxygen atoms in total. The van der Waals surface area contributed by atoms with Crippen molar-refractivity contribution in [1.82, 2.24) is 9.21 Å². The van der Waals surface area contributed by atoms with E-state index in [9.17, 15) is 13.2 Å². The maximum absolute atomic E-state index is 12.2. The lowest BCUT2D eigenvalue weighted by atomic mass is 10.2. The SMILES string of the molecule is CCS(=O)(=O)N1CCN(CC(=O)Nc2cc(Cl)ccc2C)CC1. The Balaban J connectivity index is 1.87. The molecule has 8 heteroatoms. The number of carbonyl (C=O) groups excluding carboxylic acids is 1. The van der Waals surface area contributed by atoms with E-state index in [1.54, 1.807) is 19.1 Å². The van der Waals surface area contributed by atoms with E-state index >= 15 is 0 Å². The second-order valence-corrected chi connectivity index (χ2v) is 8.28. The lowest BCUT2D eigenvalue weighted by molar-refractivity contribution is -0.117. The molecule has 1 fully saturated rings. The first-order valence-electron chi connectivity index (χ1n) is 7.58. The van der Waals surface area contributed by atoms with Crippen molar-refractivity contribution in [2.45, 2.75) is 13.8 Å². The third-order valence-corrected chi connectivity index (χ3v) is 6.05. The predicted molar refractivity (Wildman–Crippen MR) is 92.3 cm³/mol. The fourth-order valence-electron chi connectivity index (χ4n) is 2.47. The molecule has 0 aromatic heterocycles. The molecule has 0 bridgehead atoms. The molecule has 1 saturated heterocycles. The summed E-state index contributed by atoms with van der Waals surface area (Å²) in [5, 5.41) is 3.43. The lowest BCUT2D eigenvalue weighted by Gasteiger charge is -2.33. The molecule has 1 heterocycles. The van der Waals surface area contributed by atoms with Crippen LogP contribution in [-0.4, -0.2) is 62.0 Å². The Morgan fingerprint density at radius 3 is 2.52 bits per heavy atom. The van der Waals surface area contributed by atoms with Gasteiger partial charge in [0.15, 0.2) is 0 Å². The number of sulfonamides is 1. The molecule has 0 unspecified atom stereocenters. The van der Waals surface area contributed by atoms with Crippen molar-refractivity contribution in [3.63, 3.8) is 0 Å². The molecule has 0 radical (unpaired) electrons. The normalized spacial score (nSPS) is 17.2. The summed E-state index contributed by atoms with van der Waals surface area (Å²) < 4.78 is 25.1. The quantitative estimate of drug-likeness (QED) is 0.866. The van der Waals surface area contributed by atoms with Gasteiger partial charge in [-0.2, -0.15) is 4.31 Å². The first-order chi connectivity index (χ1) is 10.8. The third-order valence-electron chi connectivity index (χ3n) is 3.93. The Kier molecular flexibility index (Phi) is 6.02. The Morgan fingerprint density at radius 1 is 1.26 bits per heavy atom. The molecule has 1 aromatic rings. The number of hydrogen-bond donors (Lipinski definition) is 1. The van der Waals surface area contributed by atoms with Gasteiger partial charge >= 0.3 is 0 Å². The minimum absolute atomic E-state index is 0.113. The minimum Gasteiger partial charge on any atom is -0.325 e. The number of hydrogen-bond acceptors (Lipinski definition) is 4. The zero-order chi connectivity index (χ0) is 17.0. The van der Waals surface area contributed by atoms with Crippen LogP contribution in [0.15, 0.2) is 18.2 Å². The van der Waals surface area contributed by atoms with Crippen molar-refractivity contribution >= 4 is 33.2 Å². The molecule has 2 rings (SSSR count). The summed E-state index contributed by atoms with van der Waals surface area (Å²) in [7, 11) is -3.14. The summed E-state index contributed by atoms with van der Waals surface area (Å²) in [4.78, 5) is 14.1. The average molecular weight is 360 g/mol. The Bertz CT molecular complexity index is 671. The predicted octanol–water partition coefficient (Wildman–Crippen LogP) is 1.55. The molecule has 0 aliphatic carbocycles. The van der Waals surface area contributed by atoms with Gasteiger partial charge < -0.3 is 5.32 Å². The van der Waals surface area contributed by atoms with Gasteiger partial charge in [0.05, 0.1) is 12.3 Å². The van der Waals surface area contributed by atoms with Crippen LogP contribution in [0.25, 0.3) is 0 Å². The largest absolute Gasteiger partial charge is 0.325 e. The van der Waals surface area contributed by atoms with E-state index in [0.717, 1.165) is 5.56 Å². The van der Waals surface area contributed by atoms with Crippen LogP contribution in [0.1, 0.15) is 12.5 Å². The minimum atomic E-state index is -3.14. The van der Waals surface area contributed by atoms with Crippen LogP contribution in [0.2, 0.25) is 5.02 Å². The van der Waals surface area contributed by atoms with Gasteiger partial charge in [-0.15, -0.1) is 0 Å². The number of anilines is 1. The molecule has 0 atom stereocenters. The van der Waals surface area contributed by atoms with Gasteiger partial charge in [0.1, 0.15) is 0 Å². The molecule has 128 valence electrons. The van der Waals surface area contributed by atoms with E-state index in [1.807, 2.05) is 17.9 Å². The van der Waals surface area contributed by atoms with Crippen molar-refractivity contribution in [1.29, 1.82) is 0 Å². The number of piperazine rings is 1. The number of amides is 1. The van der Waals surface area contributed by atoms with E-state index in [-0.39, 0.29) is 18.2 Å². The van der Waals surface area contributed by atoms with E-state index in [2.05, 4.69) is 5.32 Å². The maximum Gasteiger partial charge on any atom is 0.238 e. The Morgan fingerprint density at radius 2 is 1.91 bits per heavy atom. The number of benzene rings is 1. The zero-order valence-corrected chi connectivity index (χ0v) is 15.0. The fraction of sp³-hybridized carbons (Fsp3) is 0.533. The van der Waals surface area contributed by atoms with Crippen molar-refractivity contribution in [3.05, 3.63) is 28.8 Å². The highest BCUT2D eigenvalue weighted by molar-refractivity contribution is 7.89. The van der Waals surface area contributed by atoms with Gasteiger partial charge in [0.2, 0.25) is 15.9 Å². The number of nitrogens with zero attached hydrogens (tertiary/aromatic N) is 2. The number of halogens is 1. The molecule has 0 spiro atoms. The van der Waals surface area contributed by atoms with E-state index in [0.29, 0.717) is 36.9 Å². The molecular weight excluding hydrogens is 338 g/mol. The van der Waals surface area contributed by atoms with Gasteiger partial charge in [-0.05, 0) is 31.5 Å². The van der Waals surface area contributed by atoms with Crippen LogP contribution in [0.3, 0.4) is 0 Å². The third kappa shape index (κ3) is 4.91. The zero-order valence-electron chi connectivity index (χ0n) is 13.4. The Labute approximate surface area is 142 Å². The summed E-state index contributed by atoms with van der Waals surface area (Å²) >= 11 is 5.94. The molecule has 0 saturated carbocycles. The molecule has 1 aromatic carbocycles. The van der Waals surface area contributed by atoms with Crippen LogP contribution >= 0.6 is 11.6 Å². The highest BCUT2D eigenvalue weighted by Crippen LogP contribution is 2.20. The number of nitrogens with one attached hydrogen (secondary N) is 1. The van der Waals surface area contributed by atoms with Gasteiger partial charge in [0.25, 0.3) is 0 Å². The van der Waals surface area contributed by atoms with Crippen molar-refractivity contribution in [2.24, 2.45) is 0 Å². The molecular formula is C15H22ClN3O3S. The lowest BCUT2D eigenvalue weighted by Crippen LogP contribution is -2.50. The van der Waals surface area contributed by atoms with Crippen LogP contribution in [0.4, 0.5) is 5.69 Å². The maximum atomic E-state index is 12.2. The fourth-order valence-corrected chi connectivity index (χ4v) is 3.73. The average Bonchev–Trinajstić information content (AvgIpc) is 2.51. The van der Waals surface area contributed by atoms with Crippen LogP contribution in [0, 0.1) is 6.92 Å². The molecule has 1 N–H and O–H groups in total. The highest BCUT2D eigenvalue weighted by Gasteiger charge is 2.26. The summed E-state index contributed by atoms with van der Waals surface area (Å²) in [6.07, 6.45) is 0. The van der Waals surface area contributed by atoms with Gasteiger partial charge in [-0.1, -0.05) is 17.7 Å². The monoisotopic (exact) mass is 359 g/mol. The van der Waals surface area contributed by atoms with Crippen molar-refractivity contribution in [3.8, 4) is 0 Å². The van der Waals surface area contributed by atoms with Gasteiger partial charge in [-0.3, -0.25) is 9.69 Å². The first kappa shape index (κ1) is 18.2. The summed E-state index contributed by atoms with van der Waals surface area (Å²) in [6, 6.07) is 5.35. The summed E-state index contributed by atoms with van der Waals surface area (Å²) in [5.74, 6) is -0.0104. The molecule has 1 amide bonds. The van der Waals surface area contributed by atoms with E-state index in [4.69, 9.17) is 11.6 Å². The van der Waals surface area contributed by atoms with Crippen LogP contribution in [0.5, 0.6) is 0 Å². The molecule has 1 aliphatic rings. The smallest absolute Gasteiger partial charge is 0.238 e. The van der Waals surface area contributed by atoms with E-state index < -0.39 is 10.0 Å². The Hall–Kier alpha value is -1.15. The van der Waals surface area contributed by atoms with Crippen molar-refractivity contribution < 1.29 is 13.2 Å². The number of carbonyl (C=O) groups is 1. The topological polar surface area (TPSA) is 69.7 Å². The van der Waals surface area contributed by atoms with E-state index in [1.165, 1.54) is 4.31 Å². The van der Waals surface area contributed by atoms with Crippen LogP contribution in [-0.2, 0) is 14.8 Å². The summed E-state index contributed by atoms with van der Waals surface area (Å²) in [5.41, 5.74) is 1.65. The number of aryl methyl sites for hydroxylation is 1. The van der Waals surface area contributed by atoms with Gasteiger partial charge in [-0.25, -0.2) is 8.42 Å². The first-order valence-corrected chi connectivity index (χ1v) is 9.56. The van der Waals surface area contributed by atoms with Crippen LogP contribution < -0.4 is 5.32 Å². The number of rotatable bonds is 5. The molecule has 23 heavy (non-hydrogen) atoms.